The van der Waals surface area contributed by atoms with Gasteiger partial charge in [0.1, 0.15) is 0 Å². The molecular weight excluding hydrogens is 459 g/mol. The number of guanidine groups is 1. The number of rotatable bonds is 6. The van der Waals surface area contributed by atoms with E-state index in [-0.39, 0.29) is 35.9 Å². The number of nitrogens with two attached hydrogens (primary N) is 1. The first-order valence-corrected chi connectivity index (χ1v) is 9.13. The summed E-state index contributed by atoms with van der Waals surface area (Å²) in [6, 6.07) is 7.12. The van der Waals surface area contributed by atoms with Crippen LogP contribution in [0.15, 0.2) is 29.3 Å². The van der Waals surface area contributed by atoms with Gasteiger partial charge < -0.3 is 20.7 Å². The standard InChI is InChI=1S/C19H28N4O3.HI/c1-3-21-19(22-12-14-7-9-15(10-8-14)17(20)24)23-11-5-6-16(13-23)18(25)26-4-2;/h7-10,16H,3-6,11-13H2,1-2H3,(H2,20,24)(H,21,22);1H. The van der Waals surface area contributed by atoms with E-state index in [1.54, 1.807) is 12.1 Å². The van der Waals surface area contributed by atoms with E-state index in [4.69, 9.17) is 10.5 Å². The minimum absolute atomic E-state index is 0. The Morgan fingerprint density at radius 1 is 1.30 bits per heavy atom. The number of hydrogen-bond acceptors (Lipinski definition) is 4. The average molecular weight is 488 g/mol. The molecule has 1 heterocycles. The second-order valence-electron chi connectivity index (χ2n) is 6.27. The van der Waals surface area contributed by atoms with Crippen LogP contribution in [-0.2, 0) is 16.1 Å². The summed E-state index contributed by atoms with van der Waals surface area (Å²) < 4.78 is 5.17. The second-order valence-corrected chi connectivity index (χ2v) is 6.27. The van der Waals surface area contributed by atoms with Crippen LogP contribution in [0.2, 0.25) is 0 Å². The molecule has 0 radical (unpaired) electrons. The number of halogens is 1. The van der Waals surface area contributed by atoms with Crippen molar-refractivity contribution in [3.05, 3.63) is 35.4 Å². The van der Waals surface area contributed by atoms with Crippen molar-refractivity contribution >= 4 is 41.8 Å². The summed E-state index contributed by atoms with van der Waals surface area (Å²) in [5, 5.41) is 3.29. The third-order valence-corrected chi connectivity index (χ3v) is 4.33. The minimum atomic E-state index is -0.438. The summed E-state index contributed by atoms with van der Waals surface area (Å²) >= 11 is 0. The van der Waals surface area contributed by atoms with Crippen molar-refractivity contribution in [2.45, 2.75) is 33.2 Å². The van der Waals surface area contributed by atoms with Crippen LogP contribution in [-0.4, -0.2) is 49.0 Å². The van der Waals surface area contributed by atoms with Crippen molar-refractivity contribution in [2.24, 2.45) is 16.6 Å². The molecule has 3 N–H and O–H groups in total. The molecule has 8 heteroatoms. The van der Waals surface area contributed by atoms with Crippen molar-refractivity contribution in [3.8, 4) is 0 Å². The van der Waals surface area contributed by atoms with E-state index in [1.165, 1.54) is 0 Å². The molecule has 0 aromatic heterocycles. The van der Waals surface area contributed by atoms with Crippen LogP contribution in [0.1, 0.15) is 42.6 Å². The van der Waals surface area contributed by atoms with Gasteiger partial charge in [-0.3, -0.25) is 9.59 Å². The Kier molecular flexibility index (Phi) is 10.1. The van der Waals surface area contributed by atoms with Crippen molar-refractivity contribution in [3.63, 3.8) is 0 Å². The average Bonchev–Trinajstić information content (AvgIpc) is 2.65. The van der Waals surface area contributed by atoms with Gasteiger partial charge in [-0.25, -0.2) is 4.99 Å². The smallest absolute Gasteiger partial charge is 0.310 e. The lowest BCUT2D eigenvalue weighted by molar-refractivity contribution is -0.149. The number of ether oxygens (including phenoxy) is 1. The van der Waals surface area contributed by atoms with Gasteiger partial charge in [0.15, 0.2) is 5.96 Å². The molecule has 1 amide bonds. The molecule has 150 valence electrons. The van der Waals surface area contributed by atoms with Gasteiger partial charge in [0.05, 0.1) is 19.1 Å². The Morgan fingerprint density at radius 3 is 2.59 bits per heavy atom. The maximum Gasteiger partial charge on any atom is 0.310 e. The lowest BCUT2D eigenvalue weighted by Crippen LogP contribution is -2.48. The van der Waals surface area contributed by atoms with Crippen molar-refractivity contribution < 1.29 is 14.3 Å². The van der Waals surface area contributed by atoms with Crippen LogP contribution in [0, 0.1) is 5.92 Å². The highest BCUT2D eigenvalue weighted by molar-refractivity contribution is 14.0. The summed E-state index contributed by atoms with van der Waals surface area (Å²) in [4.78, 5) is 30.0. The summed E-state index contributed by atoms with van der Waals surface area (Å²) in [6.07, 6.45) is 1.78. The number of carbonyl (C=O) groups excluding carboxylic acids is 2. The molecule has 0 bridgehead atoms. The number of esters is 1. The Balaban J connectivity index is 0.00000364. The predicted octanol–water partition coefficient (Wildman–Crippen LogP) is 2.14. The highest BCUT2D eigenvalue weighted by atomic mass is 127. The normalized spacial score (nSPS) is 17.0. The molecule has 0 spiro atoms. The Bertz CT molecular complexity index is 649. The van der Waals surface area contributed by atoms with Crippen LogP contribution in [0.3, 0.4) is 0 Å². The number of amides is 1. The van der Waals surface area contributed by atoms with Gasteiger partial charge in [0.25, 0.3) is 0 Å². The molecular formula is C19H29IN4O3. The molecule has 1 atom stereocenters. The van der Waals surface area contributed by atoms with Crippen molar-refractivity contribution in [1.29, 1.82) is 0 Å². The van der Waals surface area contributed by atoms with Crippen molar-refractivity contribution in [1.82, 2.24) is 10.2 Å². The summed E-state index contributed by atoms with van der Waals surface area (Å²) in [6.45, 7) is 6.97. The maximum atomic E-state index is 12.0. The SMILES string of the molecule is CCNC(=NCc1ccc(C(N)=O)cc1)N1CCCC(C(=O)OCC)C1.I. The number of nitrogens with one attached hydrogen (secondary N) is 1. The summed E-state index contributed by atoms with van der Waals surface area (Å²) in [5.41, 5.74) is 6.74. The number of benzene rings is 1. The van der Waals surface area contributed by atoms with E-state index in [0.29, 0.717) is 25.3 Å². The number of piperidine rings is 1. The Labute approximate surface area is 177 Å². The molecule has 2 rings (SSSR count). The molecule has 0 aliphatic carbocycles. The Hall–Kier alpha value is -1.84. The first kappa shape index (κ1) is 23.2. The largest absolute Gasteiger partial charge is 0.466 e. The number of nitrogens with zero attached hydrogens (tertiary/aromatic N) is 2. The van der Waals surface area contributed by atoms with E-state index in [9.17, 15) is 9.59 Å². The molecule has 1 aromatic carbocycles. The minimum Gasteiger partial charge on any atom is -0.466 e. The number of carbonyl (C=O) groups is 2. The van der Waals surface area contributed by atoms with Gasteiger partial charge in [0.2, 0.25) is 5.91 Å². The molecule has 1 saturated heterocycles. The zero-order valence-corrected chi connectivity index (χ0v) is 18.3. The zero-order chi connectivity index (χ0) is 18.9. The van der Waals surface area contributed by atoms with Gasteiger partial charge in [-0.15, -0.1) is 24.0 Å². The fourth-order valence-electron chi connectivity index (χ4n) is 2.99. The molecule has 1 aliphatic rings. The molecule has 1 unspecified atom stereocenters. The third kappa shape index (κ3) is 7.00. The topological polar surface area (TPSA) is 97.0 Å². The van der Waals surface area contributed by atoms with Gasteiger partial charge >= 0.3 is 5.97 Å². The number of primary amides is 1. The monoisotopic (exact) mass is 488 g/mol. The van der Waals surface area contributed by atoms with Crippen molar-refractivity contribution in [2.75, 3.05) is 26.2 Å². The number of hydrogen-bond donors (Lipinski definition) is 2. The lowest BCUT2D eigenvalue weighted by atomic mass is 9.98. The van der Waals surface area contributed by atoms with Crippen LogP contribution in [0.4, 0.5) is 0 Å². The van der Waals surface area contributed by atoms with E-state index in [0.717, 1.165) is 37.5 Å². The molecule has 1 aliphatic heterocycles. The van der Waals surface area contributed by atoms with Crippen LogP contribution in [0.5, 0.6) is 0 Å². The van der Waals surface area contributed by atoms with Crippen LogP contribution >= 0.6 is 24.0 Å². The second kappa shape index (κ2) is 11.8. The molecule has 0 saturated carbocycles. The summed E-state index contributed by atoms with van der Waals surface area (Å²) in [7, 11) is 0. The van der Waals surface area contributed by atoms with Gasteiger partial charge in [0, 0.05) is 25.2 Å². The quantitative estimate of drug-likeness (QED) is 0.277. The first-order valence-electron chi connectivity index (χ1n) is 9.13. The van der Waals surface area contributed by atoms with Gasteiger partial charge in [-0.1, -0.05) is 12.1 Å². The highest BCUT2D eigenvalue weighted by Gasteiger charge is 2.28. The lowest BCUT2D eigenvalue weighted by Gasteiger charge is -2.34. The van der Waals surface area contributed by atoms with Crippen LogP contribution < -0.4 is 11.1 Å². The van der Waals surface area contributed by atoms with Gasteiger partial charge in [-0.05, 0) is 44.4 Å². The Morgan fingerprint density at radius 2 is 2.00 bits per heavy atom. The number of likely N-dealkylation sites (tertiary alicyclic amines) is 1. The fraction of sp³-hybridized carbons (Fsp3) is 0.526. The molecule has 1 fully saturated rings. The molecule has 27 heavy (non-hydrogen) atoms. The zero-order valence-electron chi connectivity index (χ0n) is 15.9. The van der Waals surface area contributed by atoms with E-state index >= 15 is 0 Å². The van der Waals surface area contributed by atoms with E-state index < -0.39 is 5.91 Å². The van der Waals surface area contributed by atoms with Gasteiger partial charge in [-0.2, -0.15) is 0 Å². The van der Waals surface area contributed by atoms with Crippen LogP contribution in [0.25, 0.3) is 0 Å². The summed E-state index contributed by atoms with van der Waals surface area (Å²) in [5.74, 6) is 0.115. The number of aliphatic imine (C=N–C) groups is 1. The van der Waals surface area contributed by atoms with E-state index in [1.807, 2.05) is 26.0 Å². The van der Waals surface area contributed by atoms with E-state index in [2.05, 4.69) is 15.2 Å². The molecule has 1 aromatic rings. The maximum absolute atomic E-state index is 12.0. The fourth-order valence-corrected chi connectivity index (χ4v) is 2.99. The molecule has 7 nitrogen and oxygen atoms in total. The predicted molar refractivity (Wildman–Crippen MR) is 116 cm³/mol. The first-order chi connectivity index (χ1) is 12.5. The third-order valence-electron chi connectivity index (χ3n) is 4.33. The highest BCUT2D eigenvalue weighted by Crippen LogP contribution is 2.18.